The maximum absolute atomic E-state index is 12.9. The summed E-state index contributed by atoms with van der Waals surface area (Å²) >= 11 is 0. The lowest BCUT2D eigenvalue weighted by Gasteiger charge is -2.40. The number of carbonyl (C=O) groups is 1. The molecule has 0 radical (unpaired) electrons. The molecule has 0 aliphatic carbocycles. The molecule has 0 saturated carbocycles. The SMILES string of the molecule is CCC(C(=O)N1CCCCC1C(C)N)c1ccccc1.Cl. The van der Waals surface area contributed by atoms with Crippen molar-refractivity contribution >= 4 is 18.3 Å². The van der Waals surface area contributed by atoms with Crippen molar-refractivity contribution in [2.24, 2.45) is 5.73 Å². The molecule has 1 aliphatic rings. The van der Waals surface area contributed by atoms with Crippen LogP contribution in [0.25, 0.3) is 0 Å². The topological polar surface area (TPSA) is 46.3 Å². The zero-order valence-corrected chi connectivity index (χ0v) is 13.8. The van der Waals surface area contributed by atoms with Gasteiger partial charge in [0, 0.05) is 18.6 Å². The molecular weight excluding hydrogens is 284 g/mol. The van der Waals surface area contributed by atoms with E-state index in [2.05, 4.69) is 19.1 Å². The lowest BCUT2D eigenvalue weighted by Crippen LogP contribution is -2.52. The highest BCUT2D eigenvalue weighted by Gasteiger charge is 2.33. The van der Waals surface area contributed by atoms with Gasteiger partial charge >= 0.3 is 0 Å². The third kappa shape index (κ3) is 4.21. The number of amides is 1. The number of likely N-dealkylation sites (tertiary alicyclic amines) is 1. The van der Waals surface area contributed by atoms with Crippen LogP contribution < -0.4 is 5.73 Å². The lowest BCUT2D eigenvalue weighted by atomic mass is 9.91. The molecule has 1 fully saturated rings. The lowest BCUT2D eigenvalue weighted by molar-refractivity contribution is -0.137. The van der Waals surface area contributed by atoms with Crippen LogP contribution in [0.15, 0.2) is 30.3 Å². The van der Waals surface area contributed by atoms with E-state index in [1.807, 2.05) is 30.0 Å². The molecule has 3 atom stereocenters. The number of rotatable bonds is 4. The number of hydrogen-bond acceptors (Lipinski definition) is 2. The molecule has 1 saturated heterocycles. The fraction of sp³-hybridized carbons (Fsp3) is 0.588. The molecule has 0 spiro atoms. The Morgan fingerprint density at radius 3 is 2.57 bits per heavy atom. The van der Waals surface area contributed by atoms with Crippen LogP contribution in [0.2, 0.25) is 0 Å². The van der Waals surface area contributed by atoms with Crippen molar-refractivity contribution in [3.05, 3.63) is 35.9 Å². The first-order chi connectivity index (χ1) is 9.65. The van der Waals surface area contributed by atoms with E-state index < -0.39 is 0 Å². The molecule has 1 aromatic rings. The Kier molecular flexibility index (Phi) is 7.20. The normalized spacial score (nSPS) is 21.3. The average molecular weight is 311 g/mol. The quantitative estimate of drug-likeness (QED) is 0.927. The third-order valence-corrected chi connectivity index (χ3v) is 4.35. The summed E-state index contributed by atoms with van der Waals surface area (Å²) in [5.41, 5.74) is 7.20. The second-order valence-corrected chi connectivity index (χ2v) is 5.83. The van der Waals surface area contributed by atoms with Gasteiger partial charge in [0.15, 0.2) is 0 Å². The second-order valence-electron chi connectivity index (χ2n) is 5.83. The first-order valence-corrected chi connectivity index (χ1v) is 7.76. The molecule has 1 heterocycles. The van der Waals surface area contributed by atoms with Crippen molar-refractivity contribution in [1.29, 1.82) is 0 Å². The van der Waals surface area contributed by atoms with Gasteiger partial charge in [-0.15, -0.1) is 12.4 Å². The summed E-state index contributed by atoms with van der Waals surface area (Å²) in [6.07, 6.45) is 4.15. The van der Waals surface area contributed by atoms with Gasteiger partial charge < -0.3 is 10.6 Å². The monoisotopic (exact) mass is 310 g/mol. The standard InChI is InChI=1S/C17H26N2O.ClH/c1-3-15(14-9-5-4-6-10-14)17(20)19-12-8-7-11-16(19)13(2)18;/h4-6,9-10,13,15-16H,3,7-8,11-12,18H2,1-2H3;1H. The van der Waals surface area contributed by atoms with Crippen LogP contribution in [0.4, 0.5) is 0 Å². The molecule has 4 heteroatoms. The number of halogens is 1. The van der Waals surface area contributed by atoms with E-state index in [4.69, 9.17) is 5.73 Å². The Hall–Kier alpha value is -1.06. The van der Waals surface area contributed by atoms with Crippen LogP contribution in [-0.4, -0.2) is 29.4 Å². The fourth-order valence-corrected chi connectivity index (χ4v) is 3.22. The predicted octanol–water partition coefficient (Wildman–Crippen LogP) is 3.33. The molecule has 0 aromatic heterocycles. The van der Waals surface area contributed by atoms with E-state index >= 15 is 0 Å². The molecule has 0 bridgehead atoms. The molecule has 118 valence electrons. The number of piperidine rings is 1. The Morgan fingerprint density at radius 1 is 1.33 bits per heavy atom. The summed E-state index contributed by atoms with van der Waals surface area (Å²) in [7, 11) is 0. The van der Waals surface area contributed by atoms with Gasteiger partial charge in [-0.2, -0.15) is 0 Å². The Morgan fingerprint density at radius 2 is 2.00 bits per heavy atom. The van der Waals surface area contributed by atoms with Gasteiger partial charge in [-0.25, -0.2) is 0 Å². The minimum absolute atomic E-state index is 0. The van der Waals surface area contributed by atoms with Crippen molar-refractivity contribution in [2.45, 2.75) is 57.5 Å². The largest absolute Gasteiger partial charge is 0.338 e. The molecule has 3 nitrogen and oxygen atoms in total. The van der Waals surface area contributed by atoms with Crippen LogP contribution >= 0.6 is 12.4 Å². The zero-order chi connectivity index (χ0) is 14.5. The summed E-state index contributed by atoms with van der Waals surface area (Å²) in [4.78, 5) is 15.0. The molecule has 21 heavy (non-hydrogen) atoms. The number of nitrogens with two attached hydrogens (primary N) is 1. The van der Waals surface area contributed by atoms with E-state index in [0.717, 1.165) is 31.4 Å². The van der Waals surface area contributed by atoms with Crippen LogP contribution in [0.5, 0.6) is 0 Å². The fourth-order valence-electron chi connectivity index (χ4n) is 3.22. The van der Waals surface area contributed by atoms with Gasteiger partial charge in [0.2, 0.25) is 5.91 Å². The average Bonchev–Trinajstić information content (AvgIpc) is 2.49. The molecule has 1 aliphatic heterocycles. The number of nitrogens with zero attached hydrogens (tertiary/aromatic N) is 1. The van der Waals surface area contributed by atoms with Crippen LogP contribution in [-0.2, 0) is 4.79 Å². The summed E-state index contributed by atoms with van der Waals surface area (Å²) < 4.78 is 0. The highest BCUT2D eigenvalue weighted by molar-refractivity contribution is 5.85. The van der Waals surface area contributed by atoms with Crippen molar-refractivity contribution < 1.29 is 4.79 Å². The van der Waals surface area contributed by atoms with Gasteiger partial charge in [0.1, 0.15) is 0 Å². The number of carbonyl (C=O) groups excluding carboxylic acids is 1. The summed E-state index contributed by atoms with van der Waals surface area (Å²) in [5.74, 6) is 0.219. The van der Waals surface area contributed by atoms with Crippen molar-refractivity contribution in [3.63, 3.8) is 0 Å². The first-order valence-electron chi connectivity index (χ1n) is 7.76. The molecule has 1 amide bonds. The molecule has 2 N–H and O–H groups in total. The summed E-state index contributed by atoms with van der Waals surface area (Å²) in [6, 6.07) is 10.4. The maximum Gasteiger partial charge on any atom is 0.230 e. The maximum atomic E-state index is 12.9. The van der Waals surface area contributed by atoms with Gasteiger partial charge in [0.25, 0.3) is 0 Å². The van der Waals surface area contributed by atoms with E-state index in [1.54, 1.807) is 0 Å². The van der Waals surface area contributed by atoms with Gasteiger partial charge in [-0.05, 0) is 38.2 Å². The Balaban J connectivity index is 0.00000220. The smallest absolute Gasteiger partial charge is 0.230 e. The van der Waals surface area contributed by atoms with Crippen molar-refractivity contribution in [3.8, 4) is 0 Å². The van der Waals surface area contributed by atoms with E-state index in [9.17, 15) is 4.79 Å². The Bertz CT molecular complexity index is 436. The third-order valence-electron chi connectivity index (χ3n) is 4.35. The van der Waals surface area contributed by atoms with E-state index in [0.29, 0.717) is 0 Å². The first kappa shape index (κ1) is 18.0. The summed E-state index contributed by atoms with van der Waals surface area (Å²) in [5, 5.41) is 0. The summed E-state index contributed by atoms with van der Waals surface area (Å²) in [6.45, 7) is 4.95. The van der Waals surface area contributed by atoms with Gasteiger partial charge in [0.05, 0.1) is 5.92 Å². The number of benzene rings is 1. The predicted molar refractivity (Wildman–Crippen MR) is 89.7 cm³/mol. The highest BCUT2D eigenvalue weighted by atomic mass is 35.5. The molecule has 3 unspecified atom stereocenters. The van der Waals surface area contributed by atoms with Gasteiger partial charge in [-0.1, -0.05) is 37.3 Å². The second kappa shape index (κ2) is 8.40. The minimum Gasteiger partial charge on any atom is -0.338 e. The van der Waals surface area contributed by atoms with Crippen LogP contribution in [0.3, 0.4) is 0 Å². The Labute approximate surface area is 134 Å². The molecular formula is C17H27ClN2O. The minimum atomic E-state index is -0.0319. The van der Waals surface area contributed by atoms with Crippen LogP contribution in [0, 0.1) is 0 Å². The van der Waals surface area contributed by atoms with E-state index in [1.165, 1.54) is 6.42 Å². The van der Waals surface area contributed by atoms with Crippen molar-refractivity contribution in [2.75, 3.05) is 6.54 Å². The van der Waals surface area contributed by atoms with Crippen LogP contribution in [0.1, 0.15) is 51.0 Å². The van der Waals surface area contributed by atoms with Crippen molar-refractivity contribution in [1.82, 2.24) is 4.90 Å². The number of hydrogen-bond donors (Lipinski definition) is 1. The van der Waals surface area contributed by atoms with Gasteiger partial charge in [-0.3, -0.25) is 4.79 Å². The highest BCUT2D eigenvalue weighted by Crippen LogP contribution is 2.27. The molecule has 1 aromatic carbocycles. The zero-order valence-electron chi connectivity index (χ0n) is 13.0. The molecule has 2 rings (SSSR count). The van der Waals surface area contributed by atoms with E-state index in [-0.39, 0.29) is 36.3 Å².